The minimum absolute atomic E-state index is 0.0778. The van der Waals surface area contributed by atoms with Gasteiger partial charge in [-0.15, -0.1) is 0 Å². The van der Waals surface area contributed by atoms with Crippen LogP contribution in [0.5, 0.6) is 0 Å². The Morgan fingerprint density at radius 3 is 2.65 bits per heavy atom. The third kappa shape index (κ3) is 4.81. The molecule has 3 aromatic heterocycles. The van der Waals surface area contributed by atoms with Crippen LogP contribution in [0.1, 0.15) is 65.6 Å². The predicted octanol–water partition coefficient (Wildman–Crippen LogP) is 5.29. The molecule has 5 aromatic rings. The molecule has 0 saturated heterocycles. The number of H-pyrrole nitrogens is 1. The summed E-state index contributed by atoms with van der Waals surface area (Å²) in [4.78, 5) is 39.1. The molecule has 1 atom stereocenters. The molecule has 0 radical (unpaired) electrons. The van der Waals surface area contributed by atoms with Crippen molar-refractivity contribution in [3.63, 3.8) is 0 Å². The number of aromatic nitrogens is 4. The predicted molar refractivity (Wildman–Crippen MR) is 166 cm³/mol. The summed E-state index contributed by atoms with van der Waals surface area (Å²) in [6.07, 6.45) is 6.11. The zero-order chi connectivity index (χ0) is 29.6. The third-order valence-corrected chi connectivity index (χ3v) is 9.14. The van der Waals surface area contributed by atoms with E-state index >= 15 is 0 Å². The highest BCUT2D eigenvalue weighted by atomic mass is 16.2. The fourth-order valence-electron chi connectivity index (χ4n) is 6.71. The molecule has 1 fully saturated rings. The number of carbonyl (C=O) groups is 1. The highest BCUT2D eigenvalue weighted by molar-refractivity contribution is 5.94. The first kappa shape index (κ1) is 27.2. The van der Waals surface area contributed by atoms with E-state index in [-0.39, 0.29) is 24.1 Å². The fraction of sp³-hybridized carbons (Fsp3) is 0.286. The SMILES string of the molecule is Cc1nc(CN(C(=O)C2(c3ccc4c(=O)[nH]nc(CN)c4c3)CC2)C2CCCc3cccnc32)ccc1-c1ccccc1. The standard InChI is InChI=1S/C35H34N6O2/c1-22-27(23-7-3-2-4-8-23)15-13-26(38-22)21-41(31-11-5-9-24-10-6-18-37-32(24)31)34(43)35(16-17-35)25-12-14-28-29(19-25)30(20-36)39-40-33(28)42/h2-4,6-8,10,12-15,18-19,31H,5,9,11,16-17,20-21,36H2,1H3,(H,40,42). The number of aryl methyl sites for hydroxylation is 2. The van der Waals surface area contributed by atoms with Crippen molar-refractivity contribution in [1.29, 1.82) is 0 Å². The first-order chi connectivity index (χ1) is 21.0. The molecular weight excluding hydrogens is 536 g/mol. The molecule has 1 saturated carbocycles. The Bertz CT molecular complexity index is 1900. The van der Waals surface area contributed by atoms with Crippen molar-refractivity contribution >= 4 is 16.7 Å². The molecule has 7 rings (SSSR count). The molecule has 43 heavy (non-hydrogen) atoms. The second kappa shape index (κ2) is 10.9. The third-order valence-electron chi connectivity index (χ3n) is 9.14. The molecule has 0 aliphatic heterocycles. The van der Waals surface area contributed by atoms with Gasteiger partial charge in [0.25, 0.3) is 5.56 Å². The number of nitrogens with one attached hydrogen (secondary N) is 1. The molecule has 1 amide bonds. The zero-order valence-electron chi connectivity index (χ0n) is 24.2. The van der Waals surface area contributed by atoms with Crippen molar-refractivity contribution < 1.29 is 4.79 Å². The summed E-state index contributed by atoms with van der Waals surface area (Å²) in [5.41, 5.74) is 12.7. The lowest BCUT2D eigenvalue weighted by Gasteiger charge is -2.37. The van der Waals surface area contributed by atoms with Crippen LogP contribution < -0.4 is 11.3 Å². The number of pyridine rings is 2. The first-order valence-electron chi connectivity index (χ1n) is 15.0. The Morgan fingerprint density at radius 2 is 1.88 bits per heavy atom. The van der Waals surface area contributed by atoms with Crippen molar-refractivity contribution in [3.8, 4) is 11.1 Å². The van der Waals surface area contributed by atoms with Gasteiger partial charge in [-0.2, -0.15) is 5.10 Å². The summed E-state index contributed by atoms with van der Waals surface area (Å²) in [6, 6.07) is 24.0. The molecule has 3 heterocycles. The van der Waals surface area contributed by atoms with Crippen LogP contribution in [-0.2, 0) is 29.7 Å². The number of benzene rings is 2. The molecule has 216 valence electrons. The van der Waals surface area contributed by atoms with Crippen molar-refractivity contribution in [2.75, 3.05) is 0 Å². The maximum atomic E-state index is 14.8. The average Bonchev–Trinajstić information content (AvgIpc) is 3.86. The van der Waals surface area contributed by atoms with Crippen molar-refractivity contribution in [2.45, 2.75) is 63.6 Å². The van der Waals surface area contributed by atoms with Crippen LogP contribution in [0.4, 0.5) is 0 Å². The summed E-state index contributed by atoms with van der Waals surface area (Å²) < 4.78 is 0. The van der Waals surface area contributed by atoms with Crippen LogP contribution >= 0.6 is 0 Å². The Labute approximate surface area is 250 Å². The van der Waals surface area contributed by atoms with Gasteiger partial charge in [-0.05, 0) is 80.0 Å². The summed E-state index contributed by atoms with van der Waals surface area (Å²) in [6.45, 7) is 2.61. The number of rotatable bonds is 7. The Balaban J connectivity index is 1.29. The number of amides is 1. The van der Waals surface area contributed by atoms with Gasteiger partial charge >= 0.3 is 0 Å². The maximum absolute atomic E-state index is 14.8. The second-order valence-electron chi connectivity index (χ2n) is 11.7. The number of hydrogen-bond acceptors (Lipinski definition) is 6. The number of fused-ring (bicyclic) bond motifs is 2. The van der Waals surface area contributed by atoms with Gasteiger partial charge < -0.3 is 10.6 Å². The summed E-state index contributed by atoms with van der Waals surface area (Å²) >= 11 is 0. The summed E-state index contributed by atoms with van der Waals surface area (Å²) in [5.74, 6) is 0.0778. The van der Waals surface area contributed by atoms with Crippen LogP contribution in [-0.4, -0.2) is 31.0 Å². The molecule has 2 aliphatic carbocycles. The number of hydrogen-bond donors (Lipinski definition) is 2. The maximum Gasteiger partial charge on any atom is 0.272 e. The van der Waals surface area contributed by atoms with Gasteiger partial charge in [0.15, 0.2) is 0 Å². The monoisotopic (exact) mass is 570 g/mol. The van der Waals surface area contributed by atoms with E-state index in [9.17, 15) is 9.59 Å². The van der Waals surface area contributed by atoms with Crippen molar-refractivity contribution in [3.05, 3.63) is 123 Å². The molecule has 2 aromatic carbocycles. The van der Waals surface area contributed by atoms with Crippen molar-refractivity contribution in [1.82, 2.24) is 25.1 Å². The summed E-state index contributed by atoms with van der Waals surface area (Å²) in [7, 11) is 0. The molecule has 8 heteroatoms. The van der Waals surface area contributed by atoms with Gasteiger partial charge in [0, 0.05) is 29.4 Å². The Kier molecular flexibility index (Phi) is 6.86. The van der Waals surface area contributed by atoms with Crippen LogP contribution in [0.2, 0.25) is 0 Å². The lowest BCUT2D eigenvalue weighted by Crippen LogP contribution is -2.43. The van der Waals surface area contributed by atoms with Gasteiger partial charge in [-0.3, -0.25) is 19.6 Å². The van der Waals surface area contributed by atoms with Crippen LogP contribution in [0.25, 0.3) is 21.9 Å². The first-order valence-corrected chi connectivity index (χ1v) is 15.0. The van der Waals surface area contributed by atoms with E-state index in [1.54, 1.807) is 6.07 Å². The topological polar surface area (TPSA) is 118 Å². The smallest absolute Gasteiger partial charge is 0.272 e. The van der Waals surface area contributed by atoms with Crippen LogP contribution in [0.15, 0.2) is 83.8 Å². The Morgan fingerprint density at radius 1 is 1.05 bits per heavy atom. The molecule has 3 N–H and O–H groups in total. The van der Waals surface area contributed by atoms with Crippen LogP contribution in [0, 0.1) is 6.92 Å². The van der Waals surface area contributed by atoms with Gasteiger partial charge in [-0.25, -0.2) is 5.10 Å². The van der Waals surface area contributed by atoms with E-state index in [1.165, 1.54) is 5.56 Å². The minimum Gasteiger partial charge on any atom is -0.327 e. The number of aromatic amines is 1. The quantitative estimate of drug-likeness (QED) is 0.275. The van der Waals surface area contributed by atoms with Gasteiger partial charge in [0.2, 0.25) is 5.91 Å². The zero-order valence-corrected chi connectivity index (χ0v) is 24.2. The Hall–Kier alpha value is -4.69. The van der Waals surface area contributed by atoms with E-state index < -0.39 is 5.41 Å². The lowest BCUT2D eigenvalue weighted by molar-refractivity contribution is -0.137. The van der Waals surface area contributed by atoms with E-state index in [1.807, 2.05) is 60.5 Å². The number of nitrogens with two attached hydrogens (primary N) is 1. The normalized spacial score (nSPS) is 16.9. The van der Waals surface area contributed by atoms with E-state index in [0.717, 1.165) is 65.9 Å². The second-order valence-corrected chi connectivity index (χ2v) is 11.7. The van der Waals surface area contributed by atoms with Gasteiger partial charge in [-0.1, -0.05) is 48.5 Å². The van der Waals surface area contributed by atoms with E-state index in [2.05, 4.69) is 34.5 Å². The molecule has 1 unspecified atom stereocenters. The largest absolute Gasteiger partial charge is 0.327 e. The number of nitrogens with zero attached hydrogens (tertiary/aromatic N) is 4. The lowest BCUT2D eigenvalue weighted by atomic mass is 9.87. The minimum atomic E-state index is -0.673. The van der Waals surface area contributed by atoms with Gasteiger partial charge in [0.1, 0.15) is 0 Å². The van der Waals surface area contributed by atoms with E-state index in [0.29, 0.717) is 23.0 Å². The fourth-order valence-corrected chi connectivity index (χ4v) is 6.71. The average molecular weight is 571 g/mol. The van der Waals surface area contributed by atoms with Crippen molar-refractivity contribution in [2.24, 2.45) is 5.73 Å². The highest BCUT2D eigenvalue weighted by Crippen LogP contribution is 2.52. The van der Waals surface area contributed by atoms with Gasteiger partial charge in [0.05, 0.1) is 40.5 Å². The molecule has 0 spiro atoms. The van der Waals surface area contributed by atoms with E-state index in [4.69, 9.17) is 15.7 Å². The highest BCUT2D eigenvalue weighted by Gasteiger charge is 2.54. The molecule has 2 aliphatic rings. The number of carbonyl (C=O) groups excluding carboxylic acids is 1. The summed E-state index contributed by atoms with van der Waals surface area (Å²) in [5, 5.41) is 7.93. The molecule has 8 nitrogen and oxygen atoms in total. The molecule has 0 bridgehead atoms. The van der Waals surface area contributed by atoms with Crippen LogP contribution in [0.3, 0.4) is 0 Å². The molecular formula is C35H34N6O2.